The maximum absolute atomic E-state index is 13.4. The molecule has 0 spiro atoms. The lowest BCUT2D eigenvalue weighted by atomic mass is 10.2. The van der Waals surface area contributed by atoms with Crippen molar-refractivity contribution in [3.8, 4) is 16.3 Å². The number of nitrogens with one attached hydrogen (secondary N) is 1. The summed E-state index contributed by atoms with van der Waals surface area (Å²) in [5, 5.41) is 12.6. The smallest absolute Gasteiger partial charge is 0.269 e. The quantitative estimate of drug-likeness (QED) is 0.373. The highest BCUT2D eigenvalue weighted by Gasteiger charge is 2.38. The summed E-state index contributed by atoms with van der Waals surface area (Å²) in [6.45, 7) is -0.251. The number of halogens is 2. The molecule has 1 aliphatic rings. The standard InChI is InChI=1S/C23H16Cl2N4O4S2/c24-15-8-6-14(7-9-15)22-27-28-23(34-22)26-21(30)20-13-29(18-12-16(25)10-11-19(18)33-20)35(31,32)17-4-2-1-3-5-17/h1-12,20H,13H2,(H,26,28,30)/t20-/m1/s1. The van der Waals surface area contributed by atoms with Crippen molar-refractivity contribution in [3.05, 3.63) is 82.8 Å². The van der Waals surface area contributed by atoms with E-state index in [9.17, 15) is 13.2 Å². The van der Waals surface area contributed by atoms with E-state index in [4.69, 9.17) is 27.9 Å². The van der Waals surface area contributed by atoms with E-state index in [1.165, 1.54) is 35.6 Å². The number of rotatable bonds is 5. The third-order valence-electron chi connectivity index (χ3n) is 5.16. The van der Waals surface area contributed by atoms with Crippen molar-refractivity contribution in [3.63, 3.8) is 0 Å². The lowest BCUT2D eigenvalue weighted by molar-refractivity contribution is -0.122. The van der Waals surface area contributed by atoms with E-state index in [2.05, 4.69) is 15.5 Å². The van der Waals surface area contributed by atoms with Crippen molar-refractivity contribution < 1.29 is 17.9 Å². The Morgan fingerprint density at radius 3 is 2.46 bits per heavy atom. The van der Waals surface area contributed by atoms with Crippen LogP contribution >= 0.6 is 34.5 Å². The van der Waals surface area contributed by atoms with Gasteiger partial charge in [0.15, 0.2) is 6.10 Å². The van der Waals surface area contributed by atoms with Gasteiger partial charge in [-0.2, -0.15) is 0 Å². The van der Waals surface area contributed by atoms with Crippen LogP contribution in [0.5, 0.6) is 5.75 Å². The number of carbonyl (C=O) groups excluding carboxylic acids is 1. The van der Waals surface area contributed by atoms with Crippen LogP contribution in [0.2, 0.25) is 10.0 Å². The van der Waals surface area contributed by atoms with Gasteiger partial charge in [0.1, 0.15) is 10.8 Å². The topological polar surface area (TPSA) is 101 Å². The predicted octanol–water partition coefficient (Wildman–Crippen LogP) is 5.11. The van der Waals surface area contributed by atoms with Crippen molar-refractivity contribution in [2.45, 2.75) is 11.0 Å². The molecule has 0 aliphatic carbocycles. The Balaban J connectivity index is 1.41. The Morgan fingerprint density at radius 2 is 1.71 bits per heavy atom. The molecular weight excluding hydrogens is 531 g/mol. The minimum Gasteiger partial charge on any atom is -0.476 e. The monoisotopic (exact) mass is 546 g/mol. The number of amides is 1. The first-order valence-electron chi connectivity index (χ1n) is 10.3. The van der Waals surface area contributed by atoms with Crippen LogP contribution in [0, 0.1) is 0 Å². The molecule has 0 saturated carbocycles. The Bertz CT molecular complexity index is 1500. The zero-order chi connectivity index (χ0) is 24.6. The fraction of sp³-hybridized carbons (Fsp3) is 0.0870. The number of nitrogens with zero attached hydrogens (tertiary/aromatic N) is 3. The third kappa shape index (κ3) is 4.83. The van der Waals surface area contributed by atoms with Gasteiger partial charge < -0.3 is 4.74 Å². The van der Waals surface area contributed by atoms with E-state index in [0.29, 0.717) is 15.1 Å². The molecule has 1 N–H and O–H groups in total. The van der Waals surface area contributed by atoms with Crippen molar-refractivity contribution in [1.82, 2.24) is 10.2 Å². The number of anilines is 2. The van der Waals surface area contributed by atoms with E-state index in [1.807, 2.05) is 0 Å². The first kappa shape index (κ1) is 23.6. The maximum atomic E-state index is 13.4. The minimum absolute atomic E-state index is 0.0868. The first-order valence-corrected chi connectivity index (χ1v) is 13.3. The Labute approximate surface area is 215 Å². The molecule has 12 heteroatoms. The number of carbonyl (C=O) groups is 1. The second kappa shape index (κ2) is 9.46. The van der Waals surface area contributed by atoms with E-state index in [1.54, 1.807) is 48.5 Å². The van der Waals surface area contributed by atoms with Gasteiger partial charge in [-0.15, -0.1) is 10.2 Å². The lowest BCUT2D eigenvalue weighted by Crippen LogP contribution is -2.48. The van der Waals surface area contributed by atoms with Gasteiger partial charge in [-0.3, -0.25) is 14.4 Å². The number of fused-ring (bicyclic) bond motifs is 1. The molecule has 0 unspecified atom stereocenters. The van der Waals surface area contributed by atoms with E-state index in [0.717, 1.165) is 9.87 Å². The molecule has 1 amide bonds. The Kier molecular flexibility index (Phi) is 6.37. The molecule has 8 nitrogen and oxygen atoms in total. The van der Waals surface area contributed by atoms with Crippen molar-refractivity contribution in [1.29, 1.82) is 0 Å². The average Bonchev–Trinajstić information content (AvgIpc) is 3.32. The van der Waals surface area contributed by atoms with Crippen LogP contribution < -0.4 is 14.4 Å². The minimum atomic E-state index is -3.99. The van der Waals surface area contributed by atoms with Crippen LogP contribution in [0.25, 0.3) is 10.6 Å². The van der Waals surface area contributed by atoms with Crippen LogP contribution in [-0.2, 0) is 14.8 Å². The molecular formula is C23H16Cl2N4O4S2. The first-order chi connectivity index (χ1) is 16.8. The second-order valence-corrected chi connectivity index (χ2v) is 11.2. The fourth-order valence-electron chi connectivity index (χ4n) is 3.48. The molecule has 1 aliphatic heterocycles. The summed E-state index contributed by atoms with van der Waals surface area (Å²) in [5.41, 5.74) is 1.05. The summed E-state index contributed by atoms with van der Waals surface area (Å²) in [4.78, 5) is 13.2. The van der Waals surface area contributed by atoms with Gasteiger partial charge >= 0.3 is 0 Å². The van der Waals surface area contributed by atoms with Gasteiger partial charge in [-0.1, -0.05) is 64.9 Å². The second-order valence-electron chi connectivity index (χ2n) is 7.48. The van der Waals surface area contributed by atoms with Crippen molar-refractivity contribution in [2.75, 3.05) is 16.2 Å². The fourth-order valence-corrected chi connectivity index (χ4v) is 6.01. The summed E-state index contributed by atoms with van der Waals surface area (Å²) in [7, 11) is -3.99. The van der Waals surface area contributed by atoms with Gasteiger partial charge in [0.2, 0.25) is 5.13 Å². The number of sulfonamides is 1. The van der Waals surface area contributed by atoms with Gasteiger partial charge in [0.25, 0.3) is 15.9 Å². The van der Waals surface area contributed by atoms with Crippen LogP contribution in [0.3, 0.4) is 0 Å². The zero-order valence-corrected chi connectivity index (χ0v) is 20.9. The number of hydrogen-bond acceptors (Lipinski definition) is 7. The largest absolute Gasteiger partial charge is 0.476 e. The number of benzene rings is 3. The van der Waals surface area contributed by atoms with Crippen LogP contribution in [0.15, 0.2) is 77.7 Å². The molecule has 1 aromatic heterocycles. The number of aromatic nitrogens is 2. The summed E-state index contributed by atoms with van der Waals surface area (Å²) in [5.74, 6) is -0.336. The van der Waals surface area contributed by atoms with Gasteiger partial charge in [0.05, 0.1) is 17.1 Å². The van der Waals surface area contributed by atoms with Gasteiger partial charge in [-0.05, 0) is 42.5 Å². The van der Waals surface area contributed by atoms with E-state index >= 15 is 0 Å². The van der Waals surface area contributed by atoms with Crippen molar-refractivity contribution >= 4 is 61.3 Å². The third-order valence-corrected chi connectivity index (χ3v) is 8.33. The maximum Gasteiger partial charge on any atom is 0.269 e. The summed E-state index contributed by atoms with van der Waals surface area (Å²) >= 11 is 13.2. The Hall–Kier alpha value is -3.18. The molecule has 0 saturated heterocycles. The zero-order valence-electron chi connectivity index (χ0n) is 17.8. The van der Waals surface area contributed by atoms with Crippen LogP contribution in [-0.4, -0.2) is 37.2 Å². The summed E-state index contributed by atoms with van der Waals surface area (Å²) < 4.78 is 33.9. The van der Waals surface area contributed by atoms with Gasteiger partial charge in [0, 0.05) is 15.6 Å². The SMILES string of the molecule is O=C(Nc1nnc(-c2ccc(Cl)cc2)s1)[C@H]1CN(S(=O)(=O)c2ccccc2)c2cc(Cl)ccc2O1. The normalized spacial score (nSPS) is 15.3. The molecule has 0 radical (unpaired) electrons. The number of ether oxygens (including phenoxy) is 1. The highest BCUT2D eigenvalue weighted by atomic mass is 35.5. The molecule has 0 bridgehead atoms. The summed E-state index contributed by atoms with van der Waals surface area (Å²) in [6.07, 6.45) is -1.13. The van der Waals surface area contributed by atoms with E-state index in [-0.39, 0.29) is 28.0 Å². The molecule has 2 heterocycles. The molecule has 5 rings (SSSR count). The van der Waals surface area contributed by atoms with Gasteiger partial charge in [-0.25, -0.2) is 8.42 Å². The highest BCUT2D eigenvalue weighted by Crippen LogP contribution is 2.39. The Morgan fingerprint density at radius 1 is 1.00 bits per heavy atom. The molecule has 1 atom stereocenters. The van der Waals surface area contributed by atoms with Crippen LogP contribution in [0.1, 0.15) is 0 Å². The molecule has 178 valence electrons. The lowest BCUT2D eigenvalue weighted by Gasteiger charge is -2.34. The molecule has 0 fully saturated rings. The predicted molar refractivity (Wildman–Crippen MR) is 136 cm³/mol. The highest BCUT2D eigenvalue weighted by molar-refractivity contribution is 7.92. The summed E-state index contributed by atoms with van der Waals surface area (Å²) in [6, 6.07) is 19.6. The van der Waals surface area contributed by atoms with Crippen LogP contribution in [0.4, 0.5) is 10.8 Å². The average molecular weight is 547 g/mol. The number of hydrogen-bond donors (Lipinski definition) is 1. The van der Waals surface area contributed by atoms with Crippen molar-refractivity contribution in [2.24, 2.45) is 0 Å². The molecule has 3 aromatic carbocycles. The molecule has 4 aromatic rings. The van der Waals surface area contributed by atoms with E-state index < -0.39 is 22.0 Å². The molecule has 35 heavy (non-hydrogen) atoms.